The lowest BCUT2D eigenvalue weighted by Crippen LogP contribution is -2.15. The number of rotatable bonds is 4. The number of aryl methyl sites for hydroxylation is 1. The van der Waals surface area contributed by atoms with Gasteiger partial charge >= 0.3 is 5.97 Å². The second-order valence-corrected chi connectivity index (χ2v) is 4.80. The highest BCUT2D eigenvalue weighted by Crippen LogP contribution is 2.34. The van der Waals surface area contributed by atoms with Crippen LogP contribution in [0.4, 0.5) is 0 Å². The Kier molecular flexibility index (Phi) is 6.32. The lowest BCUT2D eigenvalue weighted by Gasteiger charge is -2.25. The number of nitrogens with two attached hydrogens (primary N) is 1. The molecule has 0 amide bonds. The van der Waals surface area contributed by atoms with Gasteiger partial charge in [0.1, 0.15) is 0 Å². The number of carbonyl (C=O) groups is 1. The molecule has 1 unspecified atom stereocenters. The van der Waals surface area contributed by atoms with Gasteiger partial charge in [-0.1, -0.05) is 6.07 Å². The van der Waals surface area contributed by atoms with Crippen molar-refractivity contribution in [2.24, 2.45) is 5.73 Å². The Morgan fingerprint density at radius 3 is 2.95 bits per heavy atom. The number of ether oxygens (including phenoxy) is 1. The van der Waals surface area contributed by atoms with Crippen molar-refractivity contribution >= 4 is 18.4 Å². The first-order valence-corrected chi connectivity index (χ1v) is 6.76. The van der Waals surface area contributed by atoms with Crippen molar-refractivity contribution in [3.63, 3.8) is 0 Å². The van der Waals surface area contributed by atoms with Crippen molar-refractivity contribution in [3.8, 4) is 0 Å². The summed E-state index contributed by atoms with van der Waals surface area (Å²) in [7, 11) is 0. The molecule has 0 saturated heterocycles. The van der Waals surface area contributed by atoms with Crippen LogP contribution in [-0.4, -0.2) is 19.1 Å². The van der Waals surface area contributed by atoms with E-state index in [4.69, 9.17) is 10.5 Å². The third-order valence-corrected chi connectivity index (χ3v) is 3.61. The van der Waals surface area contributed by atoms with Crippen molar-refractivity contribution in [1.82, 2.24) is 0 Å². The molecular formula is C15H22ClNO2. The van der Waals surface area contributed by atoms with E-state index < -0.39 is 0 Å². The summed E-state index contributed by atoms with van der Waals surface area (Å²) in [4.78, 5) is 11.7. The zero-order valence-electron chi connectivity index (χ0n) is 11.4. The number of hydrogen-bond donors (Lipinski definition) is 1. The minimum absolute atomic E-state index is 0. The fourth-order valence-electron chi connectivity index (χ4n) is 2.74. The Labute approximate surface area is 120 Å². The minimum Gasteiger partial charge on any atom is -0.462 e. The Balaban J connectivity index is 0.00000180. The Bertz CT molecular complexity index is 434. The summed E-state index contributed by atoms with van der Waals surface area (Å²) >= 11 is 0. The van der Waals surface area contributed by atoms with Crippen LogP contribution < -0.4 is 5.73 Å². The lowest BCUT2D eigenvalue weighted by molar-refractivity contribution is 0.0526. The van der Waals surface area contributed by atoms with Crippen LogP contribution >= 0.6 is 12.4 Å². The molecule has 3 nitrogen and oxygen atoms in total. The molecule has 1 atom stereocenters. The summed E-state index contributed by atoms with van der Waals surface area (Å²) in [5.41, 5.74) is 9.01. The van der Waals surface area contributed by atoms with Crippen LogP contribution in [0.25, 0.3) is 0 Å². The number of benzene rings is 1. The van der Waals surface area contributed by atoms with Crippen LogP contribution in [0.3, 0.4) is 0 Å². The molecule has 1 aromatic carbocycles. The van der Waals surface area contributed by atoms with Crippen LogP contribution in [0.15, 0.2) is 18.2 Å². The predicted octanol–water partition coefficient (Wildman–Crippen LogP) is 3.05. The molecule has 0 radical (unpaired) electrons. The zero-order valence-corrected chi connectivity index (χ0v) is 12.2. The van der Waals surface area contributed by atoms with E-state index in [0.29, 0.717) is 24.6 Å². The second kappa shape index (κ2) is 7.51. The first-order valence-electron chi connectivity index (χ1n) is 6.76. The molecule has 4 heteroatoms. The monoisotopic (exact) mass is 283 g/mol. The lowest BCUT2D eigenvalue weighted by atomic mass is 9.80. The molecule has 2 rings (SSSR count). The van der Waals surface area contributed by atoms with Crippen molar-refractivity contribution in [1.29, 1.82) is 0 Å². The van der Waals surface area contributed by atoms with Crippen molar-refractivity contribution < 1.29 is 9.53 Å². The summed E-state index contributed by atoms with van der Waals surface area (Å²) in [6, 6.07) is 5.96. The van der Waals surface area contributed by atoms with Crippen molar-refractivity contribution in [2.75, 3.05) is 13.2 Å². The van der Waals surface area contributed by atoms with Gasteiger partial charge in [0, 0.05) is 0 Å². The van der Waals surface area contributed by atoms with Crippen LogP contribution in [-0.2, 0) is 11.2 Å². The van der Waals surface area contributed by atoms with Crippen LogP contribution in [0.5, 0.6) is 0 Å². The third-order valence-electron chi connectivity index (χ3n) is 3.61. The SMILES string of the molecule is CCOC(=O)c1ccc2c(c1)C(CCN)CCC2.Cl. The fourth-order valence-corrected chi connectivity index (χ4v) is 2.74. The van der Waals surface area contributed by atoms with E-state index in [9.17, 15) is 4.79 Å². The number of halogens is 1. The van der Waals surface area contributed by atoms with Crippen molar-refractivity contribution in [2.45, 2.75) is 38.5 Å². The summed E-state index contributed by atoms with van der Waals surface area (Å²) in [6.07, 6.45) is 4.51. The quantitative estimate of drug-likeness (QED) is 0.864. The summed E-state index contributed by atoms with van der Waals surface area (Å²) in [6.45, 7) is 2.95. The highest BCUT2D eigenvalue weighted by atomic mass is 35.5. The molecule has 106 valence electrons. The van der Waals surface area contributed by atoms with E-state index >= 15 is 0 Å². The maximum atomic E-state index is 11.7. The third kappa shape index (κ3) is 3.71. The number of hydrogen-bond acceptors (Lipinski definition) is 3. The standard InChI is InChI=1S/C15H21NO2.ClH/c1-2-18-15(17)13-7-6-11-4-3-5-12(8-9-16)14(11)10-13;/h6-7,10,12H,2-5,8-9,16H2,1H3;1H. The maximum absolute atomic E-state index is 11.7. The van der Waals surface area contributed by atoms with E-state index in [1.54, 1.807) is 0 Å². The average molecular weight is 284 g/mol. The Hall–Kier alpha value is -1.06. The summed E-state index contributed by atoms with van der Waals surface area (Å²) in [5.74, 6) is 0.283. The fraction of sp³-hybridized carbons (Fsp3) is 0.533. The van der Waals surface area contributed by atoms with Crippen LogP contribution in [0.1, 0.15) is 53.6 Å². The molecule has 0 saturated carbocycles. The normalized spacial score (nSPS) is 17.3. The molecule has 0 spiro atoms. The van der Waals surface area contributed by atoms with Gasteiger partial charge < -0.3 is 10.5 Å². The van der Waals surface area contributed by atoms with Gasteiger partial charge in [0.05, 0.1) is 12.2 Å². The molecule has 1 aliphatic rings. The second-order valence-electron chi connectivity index (χ2n) is 4.80. The van der Waals surface area contributed by atoms with Crippen LogP contribution in [0.2, 0.25) is 0 Å². The van der Waals surface area contributed by atoms with E-state index in [0.717, 1.165) is 12.8 Å². The van der Waals surface area contributed by atoms with Gasteiger partial charge in [-0.3, -0.25) is 0 Å². The van der Waals surface area contributed by atoms with Gasteiger partial charge in [-0.25, -0.2) is 4.79 Å². The summed E-state index contributed by atoms with van der Waals surface area (Å²) < 4.78 is 5.05. The van der Waals surface area contributed by atoms with Gasteiger partial charge in [-0.2, -0.15) is 0 Å². The number of fused-ring (bicyclic) bond motifs is 1. The van der Waals surface area contributed by atoms with Gasteiger partial charge in [0.15, 0.2) is 0 Å². The molecule has 0 aromatic heterocycles. The number of esters is 1. The summed E-state index contributed by atoms with van der Waals surface area (Å²) in [5, 5.41) is 0. The zero-order chi connectivity index (χ0) is 13.0. The van der Waals surface area contributed by atoms with Crippen molar-refractivity contribution in [3.05, 3.63) is 34.9 Å². The van der Waals surface area contributed by atoms with E-state index in [1.807, 2.05) is 19.1 Å². The minimum atomic E-state index is -0.225. The molecule has 19 heavy (non-hydrogen) atoms. The first-order chi connectivity index (χ1) is 8.76. The van der Waals surface area contributed by atoms with E-state index in [2.05, 4.69) is 6.07 Å². The first kappa shape index (κ1) is 16.0. The van der Waals surface area contributed by atoms with Gasteiger partial charge in [-0.15, -0.1) is 12.4 Å². The Morgan fingerprint density at radius 1 is 1.47 bits per heavy atom. The predicted molar refractivity (Wildman–Crippen MR) is 79.0 cm³/mol. The molecule has 0 heterocycles. The van der Waals surface area contributed by atoms with Gasteiger partial charge in [-0.05, 0) is 68.3 Å². The topological polar surface area (TPSA) is 52.3 Å². The molecule has 1 aliphatic carbocycles. The molecule has 0 bridgehead atoms. The molecule has 2 N–H and O–H groups in total. The highest BCUT2D eigenvalue weighted by molar-refractivity contribution is 5.89. The molecular weight excluding hydrogens is 262 g/mol. The number of carbonyl (C=O) groups excluding carboxylic acids is 1. The maximum Gasteiger partial charge on any atom is 0.338 e. The van der Waals surface area contributed by atoms with E-state index in [-0.39, 0.29) is 18.4 Å². The average Bonchev–Trinajstić information content (AvgIpc) is 2.39. The molecule has 0 fully saturated rings. The van der Waals surface area contributed by atoms with E-state index in [1.165, 1.54) is 24.0 Å². The van der Waals surface area contributed by atoms with Crippen LogP contribution in [0, 0.1) is 0 Å². The molecule has 1 aromatic rings. The largest absolute Gasteiger partial charge is 0.462 e. The molecule has 0 aliphatic heterocycles. The highest BCUT2D eigenvalue weighted by Gasteiger charge is 2.21. The van der Waals surface area contributed by atoms with Gasteiger partial charge in [0.25, 0.3) is 0 Å². The smallest absolute Gasteiger partial charge is 0.338 e. The van der Waals surface area contributed by atoms with Gasteiger partial charge in [0.2, 0.25) is 0 Å². The Morgan fingerprint density at radius 2 is 2.26 bits per heavy atom.